The monoisotopic (exact) mass is 303 g/mol. The molecule has 0 bridgehead atoms. The van der Waals surface area contributed by atoms with E-state index in [1.165, 1.54) is 0 Å². The second kappa shape index (κ2) is 7.13. The highest BCUT2D eigenvalue weighted by Gasteiger charge is 2.15. The van der Waals surface area contributed by atoms with Gasteiger partial charge in [-0.15, -0.1) is 0 Å². The number of halogens is 1. The molecule has 17 heavy (non-hydrogen) atoms. The number of nitrogens with one attached hydrogen (secondary N) is 1. The summed E-state index contributed by atoms with van der Waals surface area (Å²) < 4.78 is 2.92. The highest BCUT2D eigenvalue weighted by Crippen LogP contribution is 2.09. The second-order valence-electron chi connectivity index (χ2n) is 4.81. The molecule has 2 atom stereocenters. The van der Waals surface area contributed by atoms with Crippen LogP contribution >= 0.6 is 15.9 Å². The number of hydrogen-bond donors (Lipinski definition) is 2. The SMILES string of the molecule is CC(Cn1cc(Br)cn1)NC(CCO)C(C)C. The zero-order valence-electron chi connectivity index (χ0n) is 10.7. The van der Waals surface area contributed by atoms with E-state index in [1.807, 2.05) is 10.9 Å². The summed E-state index contributed by atoms with van der Waals surface area (Å²) in [6.45, 7) is 7.55. The highest BCUT2D eigenvalue weighted by molar-refractivity contribution is 9.10. The summed E-state index contributed by atoms with van der Waals surface area (Å²) in [6.07, 6.45) is 4.56. The minimum atomic E-state index is 0.232. The summed E-state index contributed by atoms with van der Waals surface area (Å²) in [7, 11) is 0. The molecule has 1 aromatic heterocycles. The predicted octanol–water partition coefficient (Wildman–Crippen LogP) is 2.03. The van der Waals surface area contributed by atoms with Crippen molar-refractivity contribution in [2.45, 2.75) is 45.8 Å². The predicted molar refractivity (Wildman–Crippen MR) is 72.9 cm³/mol. The van der Waals surface area contributed by atoms with Gasteiger partial charge >= 0.3 is 0 Å². The third kappa shape index (κ3) is 5.19. The van der Waals surface area contributed by atoms with Crippen molar-refractivity contribution in [3.05, 3.63) is 16.9 Å². The van der Waals surface area contributed by atoms with Crippen molar-refractivity contribution < 1.29 is 5.11 Å². The number of rotatable bonds is 7. The molecule has 0 spiro atoms. The largest absolute Gasteiger partial charge is 0.396 e. The average Bonchev–Trinajstić information content (AvgIpc) is 2.63. The maximum atomic E-state index is 9.03. The molecule has 0 amide bonds. The van der Waals surface area contributed by atoms with Crippen LogP contribution in [0.3, 0.4) is 0 Å². The van der Waals surface area contributed by atoms with Gasteiger partial charge in [-0.2, -0.15) is 5.10 Å². The Bertz CT molecular complexity index is 327. The van der Waals surface area contributed by atoms with Gasteiger partial charge in [-0.1, -0.05) is 13.8 Å². The smallest absolute Gasteiger partial charge is 0.0632 e. The van der Waals surface area contributed by atoms with Gasteiger partial charge in [0.05, 0.1) is 17.2 Å². The zero-order chi connectivity index (χ0) is 12.8. The van der Waals surface area contributed by atoms with Gasteiger partial charge in [0.15, 0.2) is 0 Å². The molecule has 1 rings (SSSR count). The van der Waals surface area contributed by atoms with Gasteiger partial charge in [0.25, 0.3) is 0 Å². The summed E-state index contributed by atoms with van der Waals surface area (Å²) in [4.78, 5) is 0. The van der Waals surface area contributed by atoms with E-state index in [4.69, 9.17) is 5.11 Å². The minimum Gasteiger partial charge on any atom is -0.396 e. The normalized spacial score (nSPS) is 15.2. The summed E-state index contributed by atoms with van der Waals surface area (Å²) in [5, 5.41) is 16.8. The Morgan fingerprint density at radius 2 is 2.18 bits per heavy atom. The minimum absolute atomic E-state index is 0.232. The van der Waals surface area contributed by atoms with Gasteiger partial charge in [0, 0.05) is 24.9 Å². The Labute approximate surface area is 112 Å². The summed E-state index contributed by atoms with van der Waals surface area (Å²) in [5.41, 5.74) is 0. The molecule has 98 valence electrons. The lowest BCUT2D eigenvalue weighted by Crippen LogP contribution is -2.42. The molecule has 2 unspecified atom stereocenters. The number of aromatic nitrogens is 2. The number of aliphatic hydroxyl groups excluding tert-OH is 1. The maximum absolute atomic E-state index is 9.03. The first kappa shape index (κ1) is 14.7. The fourth-order valence-electron chi connectivity index (χ4n) is 1.89. The van der Waals surface area contributed by atoms with Crippen LogP contribution in [0, 0.1) is 5.92 Å². The molecule has 1 aromatic rings. The van der Waals surface area contributed by atoms with E-state index in [-0.39, 0.29) is 6.61 Å². The summed E-state index contributed by atoms with van der Waals surface area (Å²) >= 11 is 3.38. The first-order valence-electron chi connectivity index (χ1n) is 6.07. The van der Waals surface area contributed by atoms with Crippen LogP contribution in [-0.2, 0) is 6.54 Å². The lowest BCUT2D eigenvalue weighted by Gasteiger charge is -2.26. The molecule has 0 aromatic carbocycles. The van der Waals surface area contributed by atoms with E-state index in [9.17, 15) is 0 Å². The van der Waals surface area contributed by atoms with Gasteiger partial charge in [0.2, 0.25) is 0 Å². The number of hydrogen-bond acceptors (Lipinski definition) is 3. The van der Waals surface area contributed by atoms with Crippen molar-refractivity contribution in [2.75, 3.05) is 6.61 Å². The average molecular weight is 304 g/mol. The van der Waals surface area contributed by atoms with Gasteiger partial charge in [-0.25, -0.2) is 0 Å². The molecule has 0 aliphatic rings. The molecule has 0 fully saturated rings. The fourth-order valence-corrected chi connectivity index (χ4v) is 2.21. The molecule has 0 aliphatic heterocycles. The summed E-state index contributed by atoms with van der Waals surface area (Å²) in [6, 6.07) is 0.690. The van der Waals surface area contributed by atoms with Crippen LogP contribution in [0.15, 0.2) is 16.9 Å². The van der Waals surface area contributed by atoms with Gasteiger partial charge in [-0.05, 0) is 35.2 Å². The van der Waals surface area contributed by atoms with E-state index in [0.29, 0.717) is 18.0 Å². The van der Waals surface area contributed by atoms with Crippen molar-refractivity contribution in [1.29, 1.82) is 0 Å². The van der Waals surface area contributed by atoms with Gasteiger partial charge < -0.3 is 10.4 Å². The zero-order valence-corrected chi connectivity index (χ0v) is 12.3. The molecule has 0 radical (unpaired) electrons. The molecule has 2 N–H and O–H groups in total. The van der Waals surface area contributed by atoms with Crippen LogP contribution in [0.5, 0.6) is 0 Å². The van der Waals surface area contributed by atoms with Crippen LogP contribution in [0.1, 0.15) is 27.2 Å². The highest BCUT2D eigenvalue weighted by atomic mass is 79.9. The molecule has 0 saturated carbocycles. The van der Waals surface area contributed by atoms with Crippen molar-refractivity contribution in [1.82, 2.24) is 15.1 Å². The fraction of sp³-hybridized carbons (Fsp3) is 0.750. The van der Waals surface area contributed by atoms with E-state index < -0.39 is 0 Å². The molecule has 1 heterocycles. The van der Waals surface area contributed by atoms with Gasteiger partial charge in [0.1, 0.15) is 0 Å². The van der Waals surface area contributed by atoms with Crippen molar-refractivity contribution in [3.63, 3.8) is 0 Å². The van der Waals surface area contributed by atoms with Crippen LogP contribution < -0.4 is 5.32 Å². The first-order chi connectivity index (χ1) is 8.02. The lowest BCUT2D eigenvalue weighted by atomic mass is 10.0. The number of nitrogens with zero attached hydrogens (tertiary/aromatic N) is 2. The van der Waals surface area contributed by atoms with Crippen LogP contribution in [-0.4, -0.2) is 33.6 Å². The quantitative estimate of drug-likeness (QED) is 0.810. The van der Waals surface area contributed by atoms with Crippen LogP contribution in [0.25, 0.3) is 0 Å². The standard InChI is InChI=1S/C12H22BrN3O/c1-9(2)12(4-5-17)15-10(3)7-16-8-11(13)6-14-16/h6,8-10,12,15,17H,4-5,7H2,1-3H3. The Kier molecular flexibility index (Phi) is 6.16. The topological polar surface area (TPSA) is 50.1 Å². The van der Waals surface area contributed by atoms with Crippen molar-refractivity contribution in [3.8, 4) is 0 Å². The van der Waals surface area contributed by atoms with Crippen molar-refractivity contribution >= 4 is 15.9 Å². The third-order valence-corrected chi connectivity index (χ3v) is 3.22. The molecule has 0 saturated heterocycles. The van der Waals surface area contributed by atoms with Crippen LogP contribution in [0.4, 0.5) is 0 Å². The number of aliphatic hydroxyl groups is 1. The Balaban J connectivity index is 2.44. The molecular weight excluding hydrogens is 282 g/mol. The Morgan fingerprint density at radius 3 is 2.65 bits per heavy atom. The second-order valence-corrected chi connectivity index (χ2v) is 5.73. The van der Waals surface area contributed by atoms with Crippen LogP contribution in [0.2, 0.25) is 0 Å². The molecular formula is C12H22BrN3O. The van der Waals surface area contributed by atoms with E-state index in [2.05, 4.69) is 47.1 Å². The molecule has 5 heteroatoms. The Hall–Kier alpha value is -0.390. The van der Waals surface area contributed by atoms with E-state index in [0.717, 1.165) is 17.4 Å². The van der Waals surface area contributed by atoms with E-state index >= 15 is 0 Å². The van der Waals surface area contributed by atoms with Gasteiger partial charge in [-0.3, -0.25) is 4.68 Å². The molecule has 4 nitrogen and oxygen atoms in total. The Morgan fingerprint density at radius 1 is 1.47 bits per heavy atom. The molecule has 0 aliphatic carbocycles. The first-order valence-corrected chi connectivity index (χ1v) is 6.87. The summed E-state index contributed by atoms with van der Waals surface area (Å²) in [5.74, 6) is 0.522. The lowest BCUT2D eigenvalue weighted by molar-refractivity contribution is 0.232. The van der Waals surface area contributed by atoms with Crippen molar-refractivity contribution in [2.24, 2.45) is 5.92 Å². The maximum Gasteiger partial charge on any atom is 0.0632 e. The third-order valence-electron chi connectivity index (χ3n) is 2.81. The van der Waals surface area contributed by atoms with E-state index in [1.54, 1.807) is 6.20 Å².